The fraction of sp³-hybridized carbons (Fsp3) is 0.303. The summed E-state index contributed by atoms with van der Waals surface area (Å²) in [6.07, 6.45) is 7.58. The van der Waals surface area contributed by atoms with E-state index in [1.807, 2.05) is 56.3 Å². The molecule has 1 aliphatic heterocycles. The summed E-state index contributed by atoms with van der Waals surface area (Å²) >= 11 is 3.59. The molecule has 0 bridgehead atoms. The molecule has 2 heterocycles. The number of rotatable bonds is 13. The molecule has 0 saturated heterocycles. The molecule has 230 valence electrons. The summed E-state index contributed by atoms with van der Waals surface area (Å²) in [5, 5.41) is 7.54. The Morgan fingerprint density at radius 1 is 1.14 bits per heavy atom. The van der Waals surface area contributed by atoms with Gasteiger partial charge in [0.05, 0.1) is 21.1 Å². The van der Waals surface area contributed by atoms with Crippen LogP contribution >= 0.6 is 15.9 Å². The Morgan fingerprint density at radius 3 is 2.73 bits per heavy atom. The van der Waals surface area contributed by atoms with Crippen molar-refractivity contribution < 1.29 is 22.3 Å². The van der Waals surface area contributed by atoms with Crippen LogP contribution < -0.4 is 15.4 Å². The molecule has 1 aliphatic rings. The Hall–Kier alpha value is -3.80. The lowest BCUT2D eigenvalue weighted by Gasteiger charge is -2.30. The zero-order chi connectivity index (χ0) is 31.1. The predicted octanol–water partition coefficient (Wildman–Crippen LogP) is 7.06. The average molecular weight is 682 g/mol. The second kappa shape index (κ2) is 14.3. The average Bonchev–Trinajstić information content (AvgIpc) is 3.48. The number of hydrogen-bond donors (Lipinski definition) is 2. The standard InChI is InChI=1S/C33H34BrFN4O4S/c1-22(2)31(44(40)41)19-36-14-4-12-33(13-5-15-43-33)24-8-10-29-27(17-24)32(38-21-37-29)39-26-9-11-30(28(34)18-26)42-20-23-6-3-7-25(35)16-23/h3,5-11,15-18,21-22,36H,4,12-14,19-20H2,1-2H3,(H,37,38,39). The van der Waals surface area contributed by atoms with Crippen molar-refractivity contribution in [1.82, 2.24) is 15.3 Å². The molecule has 0 aliphatic carbocycles. The van der Waals surface area contributed by atoms with Gasteiger partial charge >= 0.3 is 0 Å². The van der Waals surface area contributed by atoms with Crippen molar-refractivity contribution >= 4 is 53.5 Å². The lowest BCUT2D eigenvalue weighted by Crippen LogP contribution is -2.30. The van der Waals surface area contributed by atoms with E-state index in [1.165, 1.54) is 18.5 Å². The number of nitrogens with zero attached hydrogens (tertiary/aromatic N) is 2. The Labute approximate surface area is 266 Å². The van der Waals surface area contributed by atoms with Gasteiger partial charge in [-0.3, -0.25) is 0 Å². The molecule has 11 heteroatoms. The third-order valence-electron chi connectivity index (χ3n) is 7.57. The molecule has 0 amide bonds. The second-order valence-corrected chi connectivity index (χ2v) is 12.8. The Bertz CT molecular complexity index is 1800. The third-order valence-corrected chi connectivity index (χ3v) is 9.23. The lowest BCUT2D eigenvalue weighted by atomic mass is 9.86. The zero-order valence-electron chi connectivity index (χ0n) is 24.5. The molecule has 1 unspecified atom stereocenters. The molecule has 0 radical (unpaired) electrons. The van der Waals surface area contributed by atoms with Crippen LogP contribution in [0.5, 0.6) is 5.75 Å². The number of halogens is 2. The van der Waals surface area contributed by atoms with Gasteiger partial charge in [0.15, 0.2) is 0 Å². The molecule has 4 aromatic rings. The highest BCUT2D eigenvalue weighted by Crippen LogP contribution is 2.40. The minimum atomic E-state index is -2.19. The molecule has 3 aromatic carbocycles. The summed E-state index contributed by atoms with van der Waals surface area (Å²) in [6, 6.07) is 18.1. The van der Waals surface area contributed by atoms with Gasteiger partial charge in [-0.05, 0) is 101 Å². The fourth-order valence-electron chi connectivity index (χ4n) is 5.18. The van der Waals surface area contributed by atoms with E-state index < -0.39 is 15.9 Å². The first-order valence-electron chi connectivity index (χ1n) is 14.4. The van der Waals surface area contributed by atoms with Crippen LogP contribution in [-0.2, 0) is 27.2 Å². The van der Waals surface area contributed by atoms with Crippen LogP contribution in [0, 0.1) is 11.7 Å². The molecule has 0 saturated carbocycles. The van der Waals surface area contributed by atoms with Gasteiger partial charge in [-0.25, -0.2) is 14.4 Å². The monoisotopic (exact) mass is 680 g/mol. The normalized spacial score (nSPS) is 15.8. The number of ether oxygens (including phenoxy) is 2. The SMILES string of the molecule is CC(C)C(CNCCCC1(c2ccc3ncnc(Nc4ccc(OCc5cccc(F)c5)c(Br)c4)c3c2)CC=CO1)=S(=O)=O. The molecular formula is C33H34BrFN4O4S. The Morgan fingerprint density at radius 2 is 2.00 bits per heavy atom. The summed E-state index contributed by atoms with van der Waals surface area (Å²) in [4.78, 5) is 9.48. The van der Waals surface area contributed by atoms with Crippen molar-refractivity contribution in [2.75, 3.05) is 18.4 Å². The van der Waals surface area contributed by atoms with E-state index in [1.54, 1.807) is 12.3 Å². The number of nitrogens with one attached hydrogen (secondary N) is 2. The summed E-state index contributed by atoms with van der Waals surface area (Å²) in [7, 11) is -2.19. The van der Waals surface area contributed by atoms with Crippen molar-refractivity contribution in [2.24, 2.45) is 5.92 Å². The van der Waals surface area contributed by atoms with Crippen molar-refractivity contribution in [3.05, 3.63) is 101 Å². The number of fused-ring (bicyclic) bond motifs is 1. The topological polar surface area (TPSA) is 102 Å². The van der Waals surface area contributed by atoms with Crippen molar-refractivity contribution in [2.45, 2.75) is 45.3 Å². The minimum absolute atomic E-state index is 0.0312. The Kier molecular flexibility index (Phi) is 10.3. The van der Waals surface area contributed by atoms with Gasteiger partial charge < -0.3 is 20.1 Å². The quantitative estimate of drug-likeness (QED) is 0.114. The molecule has 1 aromatic heterocycles. The van der Waals surface area contributed by atoms with Crippen LogP contribution in [0.15, 0.2) is 83.8 Å². The molecule has 44 heavy (non-hydrogen) atoms. The van der Waals surface area contributed by atoms with Crippen LogP contribution in [0.1, 0.15) is 44.2 Å². The first-order valence-corrected chi connectivity index (χ1v) is 16.3. The van der Waals surface area contributed by atoms with E-state index >= 15 is 0 Å². The highest BCUT2D eigenvalue weighted by molar-refractivity contribution is 9.10. The van der Waals surface area contributed by atoms with Crippen molar-refractivity contribution in [3.63, 3.8) is 0 Å². The maximum absolute atomic E-state index is 13.5. The van der Waals surface area contributed by atoms with E-state index in [0.29, 0.717) is 29.5 Å². The van der Waals surface area contributed by atoms with E-state index in [0.717, 1.165) is 51.5 Å². The number of benzene rings is 3. The van der Waals surface area contributed by atoms with Crippen LogP contribution in [0.2, 0.25) is 0 Å². The molecule has 2 N–H and O–H groups in total. The molecule has 8 nitrogen and oxygen atoms in total. The molecule has 1 atom stereocenters. The minimum Gasteiger partial charge on any atom is -0.490 e. The number of anilines is 2. The predicted molar refractivity (Wildman–Crippen MR) is 175 cm³/mol. The summed E-state index contributed by atoms with van der Waals surface area (Å²) in [5.41, 5.74) is 2.83. The van der Waals surface area contributed by atoms with E-state index in [-0.39, 0.29) is 18.3 Å². The third kappa shape index (κ3) is 7.64. The second-order valence-electron chi connectivity index (χ2n) is 11.0. The zero-order valence-corrected chi connectivity index (χ0v) is 26.9. The van der Waals surface area contributed by atoms with Gasteiger partial charge in [-0.1, -0.05) is 32.0 Å². The van der Waals surface area contributed by atoms with Gasteiger partial charge in [0.1, 0.15) is 35.9 Å². The van der Waals surface area contributed by atoms with Gasteiger partial charge in [0, 0.05) is 24.0 Å². The van der Waals surface area contributed by atoms with E-state index in [4.69, 9.17) is 9.47 Å². The van der Waals surface area contributed by atoms with Crippen molar-refractivity contribution in [1.29, 1.82) is 0 Å². The molecular weight excluding hydrogens is 647 g/mol. The van der Waals surface area contributed by atoms with Gasteiger partial charge in [0.25, 0.3) is 0 Å². The largest absolute Gasteiger partial charge is 0.490 e. The first kappa shape index (κ1) is 31.6. The summed E-state index contributed by atoms with van der Waals surface area (Å²) in [6.45, 7) is 5.02. The van der Waals surface area contributed by atoms with E-state index in [2.05, 4.69) is 42.6 Å². The molecule has 0 spiro atoms. The number of aromatic nitrogens is 2. The van der Waals surface area contributed by atoms with Crippen LogP contribution in [-0.4, -0.2) is 36.3 Å². The highest BCUT2D eigenvalue weighted by atomic mass is 79.9. The first-order chi connectivity index (χ1) is 21.2. The van der Waals surface area contributed by atoms with Crippen molar-refractivity contribution in [3.8, 4) is 5.75 Å². The maximum Gasteiger partial charge on any atom is 0.214 e. The van der Waals surface area contributed by atoms with Gasteiger partial charge in [-0.2, -0.15) is 8.42 Å². The maximum atomic E-state index is 13.5. The fourth-order valence-corrected chi connectivity index (χ4v) is 6.28. The Balaban J connectivity index is 1.29. The highest BCUT2D eigenvalue weighted by Gasteiger charge is 2.35. The lowest BCUT2D eigenvalue weighted by molar-refractivity contribution is 0.0306. The van der Waals surface area contributed by atoms with Crippen LogP contribution in [0.25, 0.3) is 10.9 Å². The smallest absolute Gasteiger partial charge is 0.214 e. The summed E-state index contributed by atoms with van der Waals surface area (Å²) < 4.78 is 49.3. The van der Waals surface area contributed by atoms with Gasteiger partial charge in [0.2, 0.25) is 10.3 Å². The summed E-state index contributed by atoms with van der Waals surface area (Å²) in [5.74, 6) is 0.963. The van der Waals surface area contributed by atoms with Crippen LogP contribution in [0.4, 0.5) is 15.9 Å². The van der Waals surface area contributed by atoms with E-state index in [9.17, 15) is 12.8 Å². The molecule has 0 fully saturated rings. The van der Waals surface area contributed by atoms with Gasteiger partial charge in [-0.15, -0.1) is 0 Å². The number of hydrogen-bond acceptors (Lipinski definition) is 8. The molecule has 5 rings (SSSR count). The van der Waals surface area contributed by atoms with Crippen LogP contribution in [0.3, 0.4) is 0 Å².